The lowest BCUT2D eigenvalue weighted by molar-refractivity contribution is -0.141. The molecule has 19 heavy (non-hydrogen) atoms. The molecule has 1 N–H and O–H groups in total. The van der Waals surface area contributed by atoms with Crippen LogP contribution in [0.2, 0.25) is 5.28 Å². The normalized spacial score (nSPS) is 11.6. The van der Waals surface area contributed by atoms with Crippen molar-refractivity contribution >= 4 is 17.4 Å². The summed E-state index contributed by atoms with van der Waals surface area (Å²) in [7, 11) is 0. The van der Waals surface area contributed by atoms with Crippen LogP contribution in [0.1, 0.15) is 11.6 Å². The van der Waals surface area contributed by atoms with E-state index < -0.39 is 17.2 Å². The van der Waals surface area contributed by atoms with Gasteiger partial charge in [0.05, 0.1) is 0 Å². The van der Waals surface area contributed by atoms with Crippen molar-refractivity contribution in [2.75, 3.05) is 11.9 Å². The van der Waals surface area contributed by atoms with Gasteiger partial charge in [-0.3, -0.25) is 0 Å². The van der Waals surface area contributed by atoms with Gasteiger partial charge in [-0.1, -0.05) is 5.16 Å². The maximum Gasteiger partial charge on any atom is 0.433 e. The van der Waals surface area contributed by atoms with Crippen LogP contribution in [0.4, 0.5) is 19.0 Å². The fourth-order valence-corrected chi connectivity index (χ4v) is 1.44. The molecule has 0 aromatic carbocycles. The zero-order valence-corrected chi connectivity index (χ0v) is 10.0. The molecular formula is C9H7ClF3N5O. The van der Waals surface area contributed by atoms with Crippen molar-refractivity contribution in [1.82, 2.24) is 20.1 Å². The van der Waals surface area contributed by atoms with Crippen molar-refractivity contribution in [2.45, 2.75) is 12.6 Å². The molecule has 0 spiro atoms. The van der Waals surface area contributed by atoms with Gasteiger partial charge in [-0.25, -0.2) is 9.97 Å². The summed E-state index contributed by atoms with van der Waals surface area (Å²) in [6.07, 6.45) is -2.99. The second kappa shape index (κ2) is 5.39. The highest BCUT2D eigenvalue weighted by Crippen LogP contribution is 2.29. The van der Waals surface area contributed by atoms with E-state index in [1.165, 1.54) is 6.33 Å². The Labute approximate surface area is 110 Å². The van der Waals surface area contributed by atoms with Gasteiger partial charge in [-0.05, 0) is 11.6 Å². The number of nitrogens with zero attached hydrogens (tertiary/aromatic N) is 4. The fourth-order valence-electron chi connectivity index (χ4n) is 1.26. The van der Waals surface area contributed by atoms with E-state index in [1.807, 2.05) is 0 Å². The van der Waals surface area contributed by atoms with Gasteiger partial charge in [0.15, 0.2) is 12.0 Å². The standard InChI is InChI=1S/C9H7ClF3N5O/c10-8-17-5(9(11,12)13)3-6(18-8)14-2-1-7-15-4-16-19-7/h3-4H,1-2H2,(H,14,17,18). The van der Waals surface area contributed by atoms with Gasteiger partial charge in [0.25, 0.3) is 0 Å². The molecule has 0 atom stereocenters. The summed E-state index contributed by atoms with van der Waals surface area (Å²) < 4.78 is 42.2. The Hall–Kier alpha value is -1.90. The lowest BCUT2D eigenvalue weighted by atomic mass is 10.3. The van der Waals surface area contributed by atoms with Crippen LogP contribution in [0.3, 0.4) is 0 Å². The van der Waals surface area contributed by atoms with E-state index in [-0.39, 0.29) is 12.4 Å². The van der Waals surface area contributed by atoms with E-state index in [9.17, 15) is 13.2 Å². The van der Waals surface area contributed by atoms with Gasteiger partial charge < -0.3 is 9.84 Å². The van der Waals surface area contributed by atoms with Crippen LogP contribution in [-0.2, 0) is 12.6 Å². The molecule has 0 amide bonds. The van der Waals surface area contributed by atoms with Gasteiger partial charge in [0, 0.05) is 19.0 Å². The van der Waals surface area contributed by atoms with Crippen molar-refractivity contribution in [3.8, 4) is 0 Å². The summed E-state index contributed by atoms with van der Waals surface area (Å²) in [5.41, 5.74) is -1.10. The van der Waals surface area contributed by atoms with Crippen LogP contribution < -0.4 is 5.32 Å². The third-order valence-corrected chi connectivity index (χ3v) is 2.21. The Morgan fingerprint density at radius 2 is 2.11 bits per heavy atom. The first-order chi connectivity index (χ1) is 8.95. The molecule has 2 heterocycles. The summed E-state index contributed by atoms with van der Waals surface area (Å²) in [6, 6.07) is 0.777. The third kappa shape index (κ3) is 3.78. The molecule has 0 saturated carbocycles. The highest BCUT2D eigenvalue weighted by Gasteiger charge is 2.33. The van der Waals surface area contributed by atoms with Crippen LogP contribution in [-0.4, -0.2) is 26.7 Å². The summed E-state index contributed by atoms with van der Waals surface area (Å²) >= 11 is 5.43. The molecule has 0 radical (unpaired) electrons. The highest BCUT2D eigenvalue weighted by molar-refractivity contribution is 6.28. The molecular weight excluding hydrogens is 287 g/mol. The van der Waals surface area contributed by atoms with Crippen molar-refractivity contribution in [3.63, 3.8) is 0 Å². The third-order valence-electron chi connectivity index (χ3n) is 2.04. The molecule has 0 saturated heterocycles. The topological polar surface area (TPSA) is 76.7 Å². The number of anilines is 1. The van der Waals surface area contributed by atoms with Gasteiger partial charge in [0.2, 0.25) is 11.2 Å². The van der Waals surface area contributed by atoms with Crippen LogP contribution in [0, 0.1) is 0 Å². The minimum absolute atomic E-state index is 0.0214. The van der Waals surface area contributed by atoms with Crippen LogP contribution in [0.25, 0.3) is 0 Å². The van der Waals surface area contributed by atoms with E-state index in [1.54, 1.807) is 0 Å². The van der Waals surface area contributed by atoms with Gasteiger partial charge >= 0.3 is 6.18 Å². The predicted octanol–water partition coefficient (Wildman–Crippen LogP) is 2.19. The lowest BCUT2D eigenvalue weighted by Crippen LogP contribution is -2.12. The van der Waals surface area contributed by atoms with Crippen molar-refractivity contribution in [1.29, 1.82) is 0 Å². The maximum atomic E-state index is 12.5. The summed E-state index contributed by atoms with van der Waals surface area (Å²) in [6.45, 7) is 0.271. The number of hydrogen-bond donors (Lipinski definition) is 1. The summed E-state index contributed by atoms with van der Waals surface area (Å²) in [5, 5.41) is 5.60. The number of rotatable bonds is 4. The second-order valence-electron chi connectivity index (χ2n) is 3.42. The minimum atomic E-state index is -4.57. The molecule has 2 aromatic heterocycles. The molecule has 10 heteroatoms. The average Bonchev–Trinajstić information content (AvgIpc) is 2.80. The molecule has 0 unspecified atom stereocenters. The number of halogens is 4. The Bertz CT molecular complexity index is 545. The number of alkyl halides is 3. The Kier molecular flexibility index (Phi) is 3.84. The minimum Gasteiger partial charge on any atom is -0.369 e. The number of hydrogen-bond acceptors (Lipinski definition) is 6. The zero-order valence-electron chi connectivity index (χ0n) is 9.28. The molecule has 0 bridgehead atoms. The van der Waals surface area contributed by atoms with E-state index in [0.717, 1.165) is 6.07 Å². The SMILES string of the molecule is FC(F)(F)c1cc(NCCc2ncno2)nc(Cl)n1. The largest absolute Gasteiger partial charge is 0.433 e. The van der Waals surface area contributed by atoms with E-state index >= 15 is 0 Å². The van der Waals surface area contributed by atoms with Crippen molar-refractivity contribution in [3.05, 3.63) is 29.3 Å². The number of nitrogens with one attached hydrogen (secondary N) is 1. The average molecular weight is 294 g/mol. The van der Waals surface area contributed by atoms with E-state index in [2.05, 4.69) is 25.4 Å². The lowest BCUT2D eigenvalue weighted by Gasteiger charge is -2.09. The van der Waals surface area contributed by atoms with E-state index in [4.69, 9.17) is 16.1 Å². The van der Waals surface area contributed by atoms with Crippen molar-refractivity contribution in [2.24, 2.45) is 0 Å². The molecule has 2 rings (SSSR count). The van der Waals surface area contributed by atoms with Gasteiger partial charge in [0.1, 0.15) is 5.82 Å². The molecule has 0 aliphatic rings. The first-order valence-corrected chi connectivity index (χ1v) is 5.44. The van der Waals surface area contributed by atoms with Crippen molar-refractivity contribution < 1.29 is 17.7 Å². The first kappa shape index (κ1) is 13.5. The molecule has 0 aliphatic heterocycles. The molecule has 2 aromatic rings. The van der Waals surface area contributed by atoms with Gasteiger partial charge in [-0.2, -0.15) is 18.2 Å². The smallest absolute Gasteiger partial charge is 0.369 e. The zero-order chi connectivity index (χ0) is 13.9. The van der Waals surface area contributed by atoms with E-state index in [0.29, 0.717) is 12.3 Å². The summed E-state index contributed by atoms with van der Waals surface area (Å²) in [4.78, 5) is 10.5. The fraction of sp³-hybridized carbons (Fsp3) is 0.333. The predicted molar refractivity (Wildman–Crippen MR) is 58.5 cm³/mol. The monoisotopic (exact) mass is 293 g/mol. The molecule has 6 nitrogen and oxygen atoms in total. The second-order valence-corrected chi connectivity index (χ2v) is 3.76. The Balaban J connectivity index is 2.02. The number of aromatic nitrogens is 4. The molecule has 0 fully saturated rings. The van der Waals surface area contributed by atoms with Crippen LogP contribution in [0.5, 0.6) is 0 Å². The quantitative estimate of drug-likeness (QED) is 0.871. The molecule has 102 valence electrons. The van der Waals surface area contributed by atoms with Gasteiger partial charge in [-0.15, -0.1) is 0 Å². The highest BCUT2D eigenvalue weighted by atomic mass is 35.5. The maximum absolute atomic E-state index is 12.5. The first-order valence-electron chi connectivity index (χ1n) is 5.06. The summed E-state index contributed by atoms with van der Waals surface area (Å²) in [5.74, 6) is 0.343. The molecule has 0 aliphatic carbocycles. The Morgan fingerprint density at radius 1 is 1.32 bits per heavy atom. The van der Waals surface area contributed by atoms with Crippen LogP contribution >= 0.6 is 11.6 Å². The van der Waals surface area contributed by atoms with Crippen LogP contribution in [0.15, 0.2) is 16.9 Å². The Morgan fingerprint density at radius 3 is 2.74 bits per heavy atom.